The molecule has 0 spiro atoms. The average molecular weight is 337 g/mol. The molecule has 0 aromatic heterocycles. The van der Waals surface area contributed by atoms with Crippen molar-refractivity contribution in [1.82, 2.24) is 0 Å². The number of ketones is 1. The lowest BCUT2D eigenvalue weighted by Gasteiger charge is -2.12. The van der Waals surface area contributed by atoms with Crippen molar-refractivity contribution in [2.75, 3.05) is 0 Å². The zero-order valence-corrected chi connectivity index (χ0v) is 14.5. The molecule has 0 radical (unpaired) electrons. The lowest BCUT2D eigenvalue weighted by Crippen LogP contribution is -1.96. The van der Waals surface area contributed by atoms with Crippen LogP contribution < -0.4 is 0 Å². The minimum atomic E-state index is 0.0543. The Balaban J connectivity index is 2.22. The van der Waals surface area contributed by atoms with E-state index in [9.17, 15) is 4.79 Å². The van der Waals surface area contributed by atoms with Crippen molar-refractivity contribution >= 4 is 29.0 Å². The molecule has 0 saturated heterocycles. The van der Waals surface area contributed by atoms with Crippen LogP contribution in [0.5, 0.6) is 0 Å². The zero-order valence-electron chi connectivity index (χ0n) is 13.0. The van der Waals surface area contributed by atoms with Gasteiger partial charge in [-0.15, -0.1) is 0 Å². The summed E-state index contributed by atoms with van der Waals surface area (Å²) >= 11 is 12.8. The molecular formula is C19H22Cl2O. The summed E-state index contributed by atoms with van der Waals surface area (Å²) in [6, 6.07) is 0. The van der Waals surface area contributed by atoms with Crippen LogP contribution in [0.3, 0.4) is 0 Å². The van der Waals surface area contributed by atoms with E-state index in [0.29, 0.717) is 23.8 Å². The van der Waals surface area contributed by atoms with Gasteiger partial charge < -0.3 is 0 Å². The molecule has 0 saturated carbocycles. The summed E-state index contributed by atoms with van der Waals surface area (Å²) in [5, 5.41) is 1.45. The molecule has 2 rings (SSSR count). The minimum Gasteiger partial charge on any atom is -0.290 e. The Hall–Kier alpha value is -1.05. The summed E-state index contributed by atoms with van der Waals surface area (Å²) in [6.07, 6.45) is 12.5. The molecule has 118 valence electrons. The second kappa shape index (κ2) is 7.99. The molecule has 3 heteroatoms. The number of hydrogen-bond donors (Lipinski definition) is 0. The molecule has 22 heavy (non-hydrogen) atoms. The predicted molar refractivity (Wildman–Crippen MR) is 95.1 cm³/mol. The van der Waals surface area contributed by atoms with E-state index in [0.717, 1.165) is 47.4 Å². The van der Waals surface area contributed by atoms with Crippen molar-refractivity contribution in [3.8, 4) is 0 Å². The highest BCUT2D eigenvalue weighted by Gasteiger charge is 2.16. The topological polar surface area (TPSA) is 17.1 Å². The van der Waals surface area contributed by atoms with Gasteiger partial charge in [-0.1, -0.05) is 60.0 Å². The van der Waals surface area contributed by atoms with E-state index < -0.39 is 0 Å². The average Bonchev–Trinajstić information content (AvgIpc) is 2.53. The molecule has 0 fully saturated rings. The van der Waals surface area contributed by atoms with Gasteiger partial charge in [0.15, 0.2) is 5.78 Å². The van der Waals surface area contributed by atoms with Crippen LogP contribution in [-0.4, -0.2) is 5.78 Å². The Kier molecular flexibility index (Phi) is 6.28. The molecule has 1 atom stereocenters. The second-order valence-electron chi connectivity index (χ2n) is 6.18. The highest BCUT2D eigenvalue weighted by Crippen LogP contribution is 2.36. The first-order valence-corrected chi connectivity index (χ1v) is 8.53. The molecule has 1 unspecified atom stereocenters. The molecule has 2 aliphatic rings. The SMILES string of the molecule is C=C1CC=C(Cl)C(C/C2=C/C(=O)C=CC(C)CCC2)=C(Cl)C1. The third-order valence-corrected chi connectivity index (χ3v) is 4.83. The quantitative estimate of drug-likeness (QED) is 0.547. The van der Waals surface area contributed by atoms with Crippen LogP contribution in [0.2, 0.25) is 0 Å². The number of carbonyl (C=O) groups is 1. The van der Waals surface area contributed by atoms with Crippen molar-refractivity contribution in [2.24, 2.45) is 5.92 Å². The van der Waals surface area contributed by atoms with E-state index >= 15 is 0 Å². The Labute approximate surface area is 143 Å². The maximum absolute atomic E-state index is 12.0. The number of carbonyl (C=O) groups excluding carboxylic acids is 1. The molecule has 0 bridgehead atoms. The minimum absolute atomic E-state index is 0.0543. The van der Waals surface area contributed by atoms with Crippen molar-refractivity contribution in [1.29, 1.82) is 0 Å². The fourth-order valence-corrected chi connectivity index (χ4v) is 3.42. The number of allylic oxidation sites excluding steroid dienone is 9. The normalized spacial score (nSPS) is 26.6. The molecule has 0 aromatic rings. The summed E-state index contributed by atoms with van der Waals surface area (Å²) in [5.74, 6) is 0.503. The van der Waals surface area contributed by atoms with Crippen molar-refractivity contribution in [3.05, 3.63) is 57.7 Å². The summed E-state index contributed by atoms with van der Waals surface area (Å²) in [4.78, 5) is 12.0. The summed E-state index contributed by atoms with van der Waals surface area (Å²) in [6.45, 7) is 6.14. The van der Waals surface area contributed by atoms with E-state index in [1.807, 2.05) is 12.2 Å². The Morgan fingerprint density at radius 3 is 2.91 bits per heavy atom. The third-order valence-electron chi connectivity index (χ3n) is 4.09. The van der Waals surface area contributed by atoms with Crippen LogP contribution in [0.1, 0.15) is 45.4 Å². The van der Waals surface area contributed by atoms with E-state index in [2.05, 4.69) is 13.5 Å². The lowest BCUT2D eigenvalue weighted by molar-refractivity contribution is -0.110. The van der Waals surface area contributed by atoms with Gasteiger partial charge in [-0.05, 0) is 55.7 Å². The van der Waals surface area contributed by atoms with Gasteiger partial charge in [0.2, 0.25) is 0 Å². The number of rotatable bonds is 2. The molecule has 0 N–H and O–H groups in total. The fraction of sp³-hybridized carbons (Fsp3) is 0.421. The van der Waals surface area contributed by atoms with Crippen molar-refractivity contribution in [3.63, 3.8) is 0 Å². The molecule has 0 aliphatic heterocycles. The molecule has 0 aromatic carbocycles. The van der Waals surface area contributed by atoms with Gasteiger partial charge in [-0.3, -0.25) is 4.79 Å². The van der Waals surface area contributed by atoms with E-state index in [4.69, 9.17) is 23.2 Å². The van der Waals surface area contributed by atoms with Crippen LogP contribution in [0.25, 0.3) is 0 Å². The fourth-order valence-electron chi connectivity index (χ4n) is 2.76. The van der Waals surface area contributed by atoms with Gasteiger partial charge in [-0.2, -0.15) is 0 Å². The van der Waals surface area contributed by atoms with Crippen molar-refractivity contribution < 1.29 is 4.79 Å². The Morgan fingerprint density at radius 2 is 2.14 bits per heavy atom. The molecular weight excluding hydrogens is 315 g/mol. The smallest absolute Gasteiger partial charge is 0.178 e. The van der Waals surface area contributed by atoms with Crippen LogP contribution >= 0.6 is 23.2 Å². The van der Waals surface area contributed by atoms with E-state index in [1.165, 1.54) is 0 Å². The van der Waals surface area contributed by atoms with Gasteiger partial charge in [-0.25, -0.2) is 0 Å². The van der Waals surface area contributed by atoms with E-state index in [-0.39, 0.29) is 5.78 Å². The summed E-state index contributed by atoms with van der Waals surface area (Å²) in [7, 11) is 0. The molecule has 2 aliphatic carbocycles. The van der Waals surface area contributed by atoms with Crippen LogP contribution in [0.4, 0.5) is 0 Å². The maximum atomic E-state index is 12.0. The molecule has 0 amide bonds. The highest BCUT2D eigenvalue weighted by atomic mass is 35.5. The monoisotopic (exact) mass is 336 g/mol. The maximum Gasteiger partial charge on any atom is 0.178 e. The van der Waals surface area contributed by atoms with Crippen LogP contribution in [-0.2, 0) is 4.79 Å². The van der Waals surface area contributed by atoms with Crippen LogP contribution in [0.15, 0.2) is 57.7 Å². The van der Waals surface area contributed by atoms with Gasteiger partial charge in [0.25, 0.3) is 0 Å². The summed E-state index contributed by atoms with van der Waals surface area (Å²) in [5.41, 5.74) is 3.11. The van der Waals surface area contributed by atoms with Gasteiger partial charge >= 0.3 is 0 Å². The zero-order chi connectivity index (χ0) is 16.1. The first-order chi connectivity index (χ1) is 10.5. The standard InChI is InChI=1S/C19H22Cl2O/c1-13-4-3-5-15(11-16(22)8-6-13)12-17-18(20)9-7-14(2)10-19(17)21/h6,8-9,11,13H,2-5,7,10,12H2,1H3/b8-6?,15-11+. The second-order valence-corrected chi connectivity index (χ2v) is 7.04. The highest BCUT2D eigenvalue weighted by molar-refractivity contribution is 6.35. The predicted octanol–water partition coefficient (Wildman–Crippen LogP) is 6.21. The van der Waals surface area contributed by atoms with Gasteiger partial charge in [0.1, 0.15) is 0 Å². The number of hydrogen-bond acceptors (Lipinski definition) is 1. The van der Waals surface area contributed by atoms with E-state index in [1.54, 1.807) is 12.2 Å². The summed E-state index contributed by atoms with van der Waals surface area (Å²) < 4.78 is 0. The molecule has 0 heterocycles. The molecule has 1 nitrogen and oxygen atoms in total. The first kappa shape index (κ1) is 17.3. The van der Waals surface area contributed by atoms with Crippen molar-refractivity contribution in [2.45, 2.75) is 45.4 Å². The lowest BCUT2D eigenvalue weighted by atomic mass is 9.96. The van der Waals surface area contributed by atoms with Gasteiger partial charge in [0, 0.05) is 16.5 Å². The largest absolute Gasteiger partial charge is 0.290 e. The third kappa shape index (κ3) is 5.00. The van der Waals surface area contributed by atoms with Gasteiger partial charge in [0.05, 0.1) is 0 Å². The first-order valence-electron chi connectivity index (χ1n) is 7.77. The van der Waals surface area contributed by atoms with Crippen LogP contribution in [0, 0.1) is 5.92 Å². The Morgan fingerprint density at radius 1 is 1.36 bits per heavy atom. The Bertz CT molecular complexity index is 591. The number of halogens is 2.